The molecular formula is C14H20N2O3. The zero-order valence-electron chi connectivity index (χ0n) is 11.1. The minimum absolute atomic E-state index is 0.0352. The monoisotopic (exact) mass is 264 g/mol. The molecule has 1 aromatic rings. The molecule has 0 spiro atoms. The van der Waals surface area contributed by atoms with Gasteiger partial charge in [0, 0.05) is 36.5 Å². The van der Waals surface area contributed by atoms with Crippen molar-refractivity contribution in [1.82, 2.24) is 10.3 Å². The number of aliphatic hydroxyl groups excluding tert-OH is 1. The highest BCUT2D eigenvalue weighted by Crippen LogP contribution is 2.24. The van der Waals surface area contributed by atoms with E-state index >= 15 is 0 Å². The van der Waals surface area contributed by atoms with Crippen molar-refractivity contribution in [3.05, 3.63) is 33.7 Å². The normalized spacial score (nSPS) is 23.1. The fourth-order valence-corrected chi connectivity index (χ4v) is 2.61. The summed E-state index contributed by atoms with van der Waals surface area (Å²) in [6, 6.07) is 1.38. The second-order valence-electron chi connectivity index (χ2n) is 5.20. The van der Waals surface area contributed by atoms with Crippen molar-refractivity contribution in [2.75, 3.05) is 6.61 Å². The molecule has 0 bridgehead atoms. The lowest BCUT2D eigenvalue weighted by Crippen LogP contribution is -2.44. The van der Waals surface area contributed by atoms with E-state index in [0.29, 0.717) is 0 Å². The molecule has 2 unspecified atom stereocenters. The van der Waals surface area contributed by atoms with Gasteiger partial charge >= 0.3 is 0 Å². The van der Waals surface area contributed by atoms with Gasteiger partial charge in [-0.25, -0.2) is 0 Å². The molecule has 1 heterocycles. The number of hydrogen-bond acceptors (Lipinski definition) is 3. The van der Waals surface area contributed by atoms with Crippen LogP contribution in [0.15, 0.2) is 17.1 Å². The Bertz CT molecular complexity index is 510. The fourth-order valence-electron chi connectivity index (χ4n) is 2.61. The van der Waals surface area contributed by atoms with Crippen LogP contribution in [0.25, 0.3) is 0 Å². The summed E-state index contributed by atoms with van der Waals surface area (Å²) in [6.07, 6.45) is 5.37. The van der Waals surface area contributed by atoms with Gasteiger partial charge < -0.3 is 15.4 Å². The first-order chi connectivity index (χ1) is 9.11. The molecule has 0 saturated heterocycles. The van der Waals surface area contributed by atoms with Gasteiger partial charge in [-0.1, -0.05) is 12.8 Å². The van der Waals surface area contributed by atoms with E-state index in [-0.39, 0.29) is 35.5 Å². The molecule has 0 radical (unpaired) electrons. The molecule has 1 aromatic heterocycles. The second kappa shape index (κ2) is 6.02. The minimum atomic E-state index is -0.355. The van der Waals surface area contributed by atoms with Crippen LogP contribution in [0.1, 0.15) is 41.7 Å². The first-order valence-corrected chi connectivity index (χ1v) is 6.73. The topological polar surface area (TPSA) is 82.2 Å². The number of aromatic amines is 1. The number of aliphatic hydroxyl groups is 1. The molecular weight excluding hydrogens is 244 g/mol. The van der Waals surface area contributed by atoms with Crippen molar-refractivity contribution in [1.29, 1.82) is 0 Å². The SMILES string of the molecule is Cc1cc(=O)c(C(=O)NC2CCCCC2CO)c[nH]1. The maximum absolute atomic E-state index is 12.1. The number of hydrogen-bond donors (Lipinski definition) is 3. The lowest BCUT2D eigenvalue weighted by Gasteiger charge is -2.30. The van der Waals surface area contributed by atoms with Crippen molar-refractivity contribution < 1.29 is 9.90 Å². The van der Waals surface area contributed by atoms with Crippen LogP contribution in [0, 0.1) is 12.8 Å². The van der Waals surface area contributed by atoms with Crippen molar-refractivity contribution in [2.45, 2.75) is 38.6 Å². The summed E-state index contributed by atoms with van der Waals surface area (Å²) in [6.45, 7) is 1.85. The molecule has 0 aliphatic heterocycles. The lowest BCUT2D eigenvalue weighted by molar-refractivity contribution is 0.0871. The van der Waals surface area contributed by atoms with E-state index in [2.05, 4.69) is 10.3 Å². The maximum Gasteiger partial charge on any atom is 0.256 e. The van der Waals surface area contributed by atoms with Gasteiger partial charge in [0.1, 0.15) is 5.56 Å². The van der Waals surface area contributed by atoms with Gasteiger partial charge in [0.15, 0.2) is 5.43 Å². The highest BCUT2D eigenvalue weighted by atomic mass is 16.3. The van der Waals surface area contributed by atoms with Crippen molar-refractivity contribution in [3.8, 4) is 0 Å². The Labute approximate surface area is 112 Å². The van der Waals surface area contributed by atoms with Gasteiger partial charge in [0.25, 0.3) is 5.91 Å². The van der Waals surface area contributed by atoms with E-state index < -0.39 is 0 Å². The quantitative estimate of drug-likeness (QED) is 0.760. The predicted molar refractivity (Wildman–Crippen MR) is 72.1 cm³/mol. The highest BCUT2D eigenvalue weighted by Gasteiger charge is 2.26. The third kappa shape index (κ3) is 3.23. The van der Waals surface area contributed by atoms with E-state index in [4.69, 9.17) is 0 Å². The van der Waals surface area contributed by atoms with Gasteiger partial charge in [0.05, 0.1) is 0 Å². The van der Waals surface area contributed by atoms with E-state index in [1.54, 1.807) is 6.92 Å². The van der Waals surface area contributed by atoms with Crippen molar-refractivity contribution in [2.24, 2.45) is 5.92 Å². The summed E-state index contributed by atoms with van der Waals surface area (Å²) in [5.41, 5.74) is 0.588. The number of nitrogens with one attached hydrogen (secondary N) is 2. The molecule has 1 fully saturated rings. The number of rotatable bonds is 3. The molecule has 1 aliphatic rings. The van der Waals surface area contributed by atoms with Gasteiger partial charge in [-0.15, -0.1) is 0 Å². The Morgan fingerprint density at radius 2 is 2.21 bits per heavy atom. The number of aryl methyl sites for hydroxylation is 1. The zero-order valence-corrected chi connectivity index (χ0v) is 11.1. The van der Waals surface area contributed by atoms with E-state index in [1.165, 1.54) is 12.3 Å². The molecule has 3 N–H and O–H groups in total. The summed E-state index contributed by atoms with van der Waals surface area (Å²) < 4.78 is 0. The smallest absolute Gasteiger partial charge is 0.256 e. The van der Waals surface area contributed by atoms with Crippen LogP contribution in [0.4, 0.5) is 0 Å². The maximum atomic E-state index is 12.1. The molecule has 2 rings (SSSR count). The van der Waals surface area contributed by atoms with Crippen LogP contribution >= 0.6 is 0 Å². The standard InChI is InChI=1S/C14H20N2O3/c1-9-6-13(18)11(7-15-9)14(19)16-12-5-3-2-4-10(12)8-17/h6-7,10,12,17H,2-5,8H2,1H3,(H,15,18)(H,16,19). The molecule has 2 atom stereocenters. The highest BCUT2D eigenvalue weighted by molar-refractivity contribution is 5.94. The second-order valence-corrected chi connectivity index (χ2v) is 5.20. The summed E-state index contributed by atoms with van der Waals surface area (Å²) >= 11 is 0. The third-order valence-corrected chi connectivity index (χ3v) is 3.76. The predicted octanol–water partition coefficient (Wildman–Crippen LogP) is 0.964. The molecule has 5 heteroatoms. The first-order valence-electron chi connectivity index (χ1n) is 6.73. The minimum Gasteiger partial charge on any atom is -0.396 e. The van der Waals surface area contributed by atoms with E-state index in [1.807, 2.05) is 0 Å². The number of H-pyrrole nitrogens is 1. The molecule has 5 nitrogen and oxygen atoms in total. The average Bonchev–Trinajstić information content (AvgIpc) is 2.39. The lowest BCUT2D eigenvalue weighted by atomic mass is 9.85. The number of carbonyl (C=O) groups excluding carboxylic acids is 1. The summed E-state index contributed by atoms with van der Waals surface area (Å²) in [5.74, 6) is -0.256. The zero-order chi connectivity index (χ0) is 13.8. The molecule has 1 amide bonds. The first kappa shape index (κ1) is 13.8. The van der Waals surface area contributed by atoms with Crippen molar-refractivity contribution in [3.63, 3.8) is 0 Å². The van der Waals surface area contributed by atoms with Gasteiger partial charge in [-0.3, -0.25) is 9.59 Å². The van der Waals surface area contributed by atoms with E-state index in [0.717, 1.165) is 31.4 Å². The van der Waals surface area contributed by atoms with Crippen molar-refractivity contribution >= 4 is 5.91 Å². The number of pyridine rings is 1. The van der Waals surface area contributed by atoms with Gasteiger partial charge in [0.2, 0.25) is 0 Å². The van der Waals surface area contributed by atoms with E-state index in [9.17, 15) is 14.7 Å². The van der Waals surface area contributed by atoms with Crippen LogP contribution in [0.3, 0.4) is 0 Å². The Morgan fingerprint density at radius 3 is 2.89 bits per heavy atom. The van der Waals surface area contributed by atoms with Crippen LogP contribution in [0.5, 0.6) is 0 Å². The molecule has 19 heavy (non-hydrogen) atoms. The average molecular weight is 264 g/mol. The van der Waals surface area contributed by atoms with Gasteiger partial charge in [-0.05, 0) is 19.8 Å². The number of aromatic nitrogens is 1. The number of amides is 1. The third-order valence-electron chi connectivity index (χ3n) is 3.76. The largest absolute Gasteiger partial charge is 0.396 e. The molecule has 104 valence electrons. The fraction of sp³-hybridized carbons (Fsp3) is 0.571. The molecule has 0 aromatic carbocycles. The Hall–Kier alpha value is -1.62. The Kier molecular flexibility index (Phi) is 4.37. The van der Waals surface area contributed by atoms with Gasteiger partial charge in [-0.2, -0.15) is 0 Å². The van der Waals surface area contributed by atoms with Crippen LogP contribution in [-0.2, 0) is 0 Å². The molecule has 1 aliphatic carbocycles. The number of carbonyl (C=O) groups is 1. The van der Waals surface area contributed by atoms with Crippen LogP contribution in [-0.4, -0.2) is 28.6 Å². The molecule has 1 saturated carbocycles. The summed E-state index contributed by atoms with van der Waals surface area (Å²) in [7, 11) is 0. The summed E-state index contributed by atoms with van der Waals surface area (Å²) in [4.78, 5) is 26.7. The van der Waals surface area contributed by atoms with Crippen LogP contribution < -0.4 is 10.7 Å². The Balaban J connectivity index is 2.09. The summed E-state index contributed by atoms with van der Waals surface area (Å²) in [5, 5.41) is 12.2. The van der Waals surface area contributed by atoms with Crippen LogP contribution in [0.2, 0.25) is 0 Å². The Morgan fingerprint density at radius 1 is 1.47 bits per heavy atom.